The molecule has 25 heavy (non-hydrogen) atoms. The van der Waals surface area contributed by atoms with Crippen LogP contribution in [0.4, 0.5) is 0 Å². The number of hydrogen-bond donors (Lipinski definition) is 1. The number of carbonyl (C=O) groups excluding carboxylic acids is 1. The summed E-state index contributed by atoms with van der Waals surface area (Å²) in [4.78, 5) is 25.2. The van der Waals surface area contributed by atoms with Gasteiger partial charge in [0, 0.05) is 37.9 Å². The standard InChI is InChI=1S/C18H25N5O2/c1-11-16(20-10-19-11)9-22-6-14-4-5-15(8-22)23(7-14)18(24)17-12(2)21-25-13(17)3/h10,14-15H,4-9H2,1-3H3,(H,19,20)/t14-,15+/m1/s1. The Labute approximate surface area is 147 Å². The Bertz CT molecular complexity index is 761. The third kappa shape index (κ3) is 2.97. The molecule has 0 aliphatic carbocycles. The highest BCUT2D eigenvalue weighted by atomic mass is 16.5. The molecule has 0 aromatic carbocycles. The minimum atomic E-state index is 0.0729. The summed E-state index contributed by atoms with van der Waals surface area (Å²) in [5.74, 6) is 1.21. The number of amides is 1. The Morgan fingerprint density at radius 1 is 1.28 bits per heavy atom. The summed E-state index contributed by atoms with van der Waals surface area (Å²) in [6.07, 6.45) is 4.01. The van der Waals surface area contributed by atoms with Crippen LogP contribution in [0.15, 0.2) is 10.9 Å². The first kappa shape index (κ1) is 16.3. The van der Waals surface area contributed by atoms with Crippen LogP contribution < -0.4 is 0 Å². The highest BCUT2D eigenvalue weighted by Gasteiger charge is 2.39. The van der Waals surface area contributed by atoms with Gasteiger partial charge in [-0.2, -0.15) is 0 Å². The maximum absolute atomic E-state index is 13.1. The lowest BCUT2D eigenvalue weighted by Crippen LogP contribution is -2.47. The second-order valence-electron chi connectivity index (χ2n) is 7.42. The Morgan fingerprint density at radius 2 is 2.12 bits per heavy atom. The first-order valence-corrected chi connectivity index (χ1v) is 8.98. The highest BCUT2D eigenvalue weighted by Crippen LogP contribution is 2.31. The smallest absolute Gasteiger partial charge is 0.259 e. The van der Waals surface area contributed by atoms with Gasteiger partial charge in [0.1, 0.15) is 11.3 Å². The number of aryl methyl sites for hydroxylation is 3. The van der Waals surface area contributed by atoms with Crippen molar-refractivity contribution in [1.29, 1.82) is 0 Å². The van der Waals surface area contributed by atoms with Gasteiger partial charge in [0.05, 0.1) is 17.7 Å². The molecule has 2 bridgehead atoms. The number of aromatic nitrogens is 3. The van der Waals surface area contributed by atoms with E-state index in [1.165, 1.54) is 6.42 Å². The summed E-state index contributed by atoms with van der Waals surface area (Å²) in [6, 6.07) is 0.249. The van der Waals surface area contributed by atoms with E-state index in [1.807, 2.05) is 13.8 Å². The topological polar surface area (TPSA) is 78.3 Å². The zero-order valence-electron chi connectivity index (χ0n) is 15.1. The predicted octanol–water partition coefficient (Wildman–Crippen LogP) is 2.06. The number of nitrogens with one attached hydrogen (secondary N) is 1. The second kappa shape index (κ2) is 6.29. The van der Waals surface area contributed by atoms with Crippen LogP contribution in [-0.2, 0) is 6.54 Å². The molecular formula is C18H25N5O2. The number of fused-ring (bicyclic) bond motifs is 4. The number of nitrogens with zero attached hydrogens (tertiary/aromatic N) is 4. The van der Waals surface area contributed by atoms with Crippen LogP contribution in [0.5, 0.6) is 0 Å². The molecule has 3 fully saturated rings. The lowest BCUT2D eigenvalue weighted by Gasteiger charge is -2.36. The Morgan fingerprint density at radius 3 is 2.80 bits per heavy atom. The number of hydrogen-bond acceptors (Lipinski definition) is 5. The SMILES string of the molecule is Cc1noc(C)c1C(=O)N1C[C@@H]2CC[C@H]1CN(Cc1nc[nH]c1C)C2. The van der Waals surface area contributed by atoms with Gasteiger partial charge >= 0.3 is 0 Å². The molecule has 2 atom stereocenters. The van der Waals surface area contributed by atoms with E-state index >= 15 is 0 Å². The van der Waals surface area contributed by atoms with Gasteiger partial charge in [0.2, 0.25) is 0 Å². The molecule has 5 rings (SSSR count). The largest absolute Gasteiger partial charge is 0.361 e. The molecule has 134 valence electrons. The molecule has 0 spiro atoms. The van der Waals surface area contributed by atoms with Crippen molar-refractivity contribution in [1.82, 2.24) is 24.9 Å². The van der Waals surface area contributed by atoms with Crippen LogP contribution in [0, 0.1) is 26.7 Å². The van der Waals surface area contributed by atoms with E-state index < -0.39 is 0 Å². The molecule has 0 saturated carbocycles. The molecular weight excluding hydrogens is 318 g/mol. The Kier molecular flexibility index (Phi) is 4.11. The van der Waals surface area contributed by atoms with E-state index in [2.05, 4.69) is 31.8 Å². The Balaban J connectivity index is 1.53. The van der Waals surface area contributed by atoms with Crippen molar-refractivity contribution in [3.05, 3.63) is 34.7 Å². The molecule has 1 N–H and O–H groups in total. The number of H-pyrrole nitrogens is 1. The molecule has 3 saturated heterocycles. The lowest BCUT2D eigenvalue weighted by molar-refractivity contribution is 0.0582. The molecule has 7 nitrogen and oxygen atoms in total. The van der Waals surface area contributed by atoms with Crippen molar-refractivity contribution in [3.8, 4) is 0 Å². The third-order valence-electron chi connectivity index (χ3n) is 5.60. The molecule has 5 heterocycles. The van der Waals surface area contributed by atoms with Gasteiger partial charge in [-0.3, -0.25) is 9.69 Å². The average molecular weight is 343 g/mol. The molecule has 3 aliphatic rings. The van der Waals surface area contributed by atoms with E-state index in [0.29, 0.717) is 22.9 Å². The fourth-order valence-corrected chi connectivity index (χ4v) is 4.25. The maximum Gasteiger partial charge on any atom is 0.259 e. The molecule has 1 amide bonds. The van der Waals surface area contributed by atoms with Crippen LogP contribution in [0.1, 0.15) is 46.0 Å². The lowest BCUT2D eigenvalue weighted by atomic mass is 9.94. The van der Waals surface area contributed by atoms with Crippen LogP contribution in [0.25, 0.3) is 0 Å². The van der Waals surface area contributed by atoms with Crippen LogP contribution in [-0.4, -0.2) is 56.5 Å². The van der Waals surface area contributed by atoms with E-state index in [9.17, 15) is 4.79 Å². The van der Waals surface area contributed by atoms with Crippen molar-refractivity contribution in [3.63, 3.8) is 0 Å². The summed E-state index contributed by atoms with van der Waals surface area (Å²) < 4.78 is 5.20. The van der Waals surface area contributed by atoms with Crippen molar-refractivity contribution < 1.29 is 9.32 Å². The molecule has 0 radical (unpaired) electrons. The van der Waals surface area contributed by atoms with E-state index in [1.54, 1.807) is 6.33 Å². The van der Waals surface area contributed by atoms with Crippen LogP contribution in [0.2, 0.25) is 0 Å². The second-order valence-corrected chi connectivity index (χ2v) is 7.42. The van der Waals surface area contributed by atoms with Gasteiger partial charge in [0.15, 0.2) is 0 Å². The Hall–Kier alpha value is -2.15. The maximum atomic E-state index is 13.1. The molecule has 7 heteroatoms. The number of rotatable bonds is 3. The molecule has 3 aliphatic heterocycles. The fourth-order valence-electron chi connectivity index (χ4n) is 4.25. The van der Waals surface area contributed by atoms with Crippen LogP contribution >= 0.6 is 0 Å². The monoisotopic (exact) mass is 343 g/mol. The zero-order valence-corrected chi connectivity index (χ0v) is 15.1. The average Bonchev–Trinajstić information content (AvgIpc) is 3.00. The van der Waals surface area contributed by atoms with Crippen molar-refractivity contribution in [2.24, 2.45) is 5.92 Å². The van der Waals surface area contributed by atoms with Crippen molar-refractivity contribution >= 4 is 5.91 Å². The minimum Gasteiger partial charge on any atom is -0.361 e. The van der Waals surface area contributed by atoms with Gasteiger partial charge in [-0.15, -0.1) is 0 Å². The normalized spacial score (nSPS) is 23.9. The van der Waals surface area contributed by atoms with Gasteiger partial charge in [-0.25, -0.2) is 4.98 Å². The summed E-state index contributed by atoms with van der Waals surface area (Å²) in [7, 11) is 0. The molecule has 2 aromatic rings. The summed E-state index contributed by atoms with van der Waals surface area (Å²) in [6.45, 7) is 9.30. The third-order valence-corrected chi connectivity index (χ3v) is 5.60. The minimum absolute atomic E-state index is 0.0729. The van der Waals surface area contributed by atoms with E-state index in [4.69, 9.17) is 4.52 Å². The fraction of sp³-hybridized carbons (Fsp3) is 0.611. The summed E-state index contributed by atoms with van der Waals surface area (Å²) >= 11 is 0. The van der Waals surface area contributed by atoms with Gasteiger partial charge in [-0.05, 0) is 39.5 Å². The quantitative estimate of drug-likeness (QED) is 0.923. The van der Waals surface area contributed by atoms with Gasteiger partial charge < -0.3 is 14.4 Å². The number of carbonyl (C=O) groups is 1. The van der Waals surface area contributed by atoms with E-state index in [-0.39, 0.29) is 11.9 Å². The number of aromatic amines is 1. The first-order chi connectivity index (χ1) is 12.0. The molecule has 0 unspecified atom stereocenters. The van der Waals surface area contributed by atoms with Gasteiger partial charge in [0.25, 0.3) is 5.91 Å². The van der Waals surface area contributed by atoms with Crippen molar-refractivity contribution in [2.45, 2.75) is 46.2 Å². The van der Waals surface area contributed by atoms with Crippen molar-refractivity contribution in [2.75, 3.05) is 19.6 Å². The van der Waals surface area contributed by atoms with Gasteiger partial charge in [-0.1, -0.05) is 5.16 Å². The summed E-state index contributed by atoms with van der Waals surface area (Å²) in [5, 5.41) is 3.95. The van der Waals surface area contributed by atoms with Crippen LogP contribution in [0.3, 0.4) is 0 Å². The summed E-state index contributed by atoms with van der Waals surface area (Å²) in [5.41, 5.74) is 3.55. The molecule has 2 aromatic heterocycles. The number of piperidine rings is 1. The first-order valence-electron chi connectivity index (χ1n) is 8.98. The highest BCUT2D eigenvalue weighted by molar-refractivity contribution is 5.96. The number of imidazole rings is 1. The predicted molar refractivity (Wildman–Crippen MR) is 92.1 cm³/mol. The van der Waals surface area contributed by atoms with E-state index in [0.717, 1.165) is 44.0 Å². The zero-order chi connectivity index (χ0) is 17.6.